The van der Waals surface area contributed by atoms with Gasteiger partial charge in [0, 0.05) is 13.1 Å². The zero-order chi connectivity index (χ0) is 13.5. The number of hydrogen-bond acceptors (Lipinski definition) is 3. The van der Waals surface area contributed by atoms with E-state index < -0.39 is 5.82 Å². The first-order valence-corrected chi connectivity index (χ1v) is 5.98. The maximum atomic E-state index is 12.8. The van der Waals surface area contributed by atoms with Gasteiger partial charge in [0.15, 0.2) is 0 Å². The van der Waals surface area contributed by atoms with Gasteiger partial charge in [0.05, 0.1) is 17.3 Å². The van der Waals surface area contributed by atoms with Gasteiger partial charge in [-0.05, 0) is 32.3 Å². The predicted molar refractivity (Wildman–Crippen MR) is 71.5 cm³/mol. The molecule has 0 radical (unpaired) electrons. The summed E-state index contributed by atoms with van der Waals surface area (Å²) in [4.78, 5) is 13.6. The Labute approximate surface area is 111 Å². The number of halogens is 2. The SMILES string of the molecule is CNCCN(C)CC(=O)Nc1ccc(F)cc1Cl. The van der Waals surface area contributed by atoms with Crippen LogP contribution in [0.25, 0.3) is 0 Å². The molecule has 0 saturated heterocycles. The number of anilines is 1. The monoisotopic (exact) mass is 273 g/mol. The molecule has 18 heavy (non-hydrogen) atoms. The van der Waals surface area contributed by atoms with Gasteiger partial charge in [-0.15, -0.1) is 0 Å². The third kappa shape index (κ3) is 5.00. The zero-order valence-electron chi connectivity index (χ0n) is 10.5. The molecule has 100 valence electrons. The van der Waals surface area contributed by atoms with E-state index in [4.69, 9.17) is 11.6 Å². The van der Waals surface area contributed by atoms with Gasteiger partial charge < -0.3 is 10.6 Å². The first-order chi connectivity index (χ1) is 8.52. The van der Waals surface area contributed by atoms with Gasteiger partial charge in [0.2, 0.25) is 5.91 Å². The van der Waals surface area contributed by atoms with Gasteiger partial charge in [-0.1, -0.05) is 11.6 Å². The summed E-state index contributed by atoms with van der Waals surface area (Å²) in [5.41, 5.74) is 0.421. The van der Waals surface area contributed by atoms with Crippen molar-refractivity contribution in [2.24, 2.45) is 0 Å². The van der Waals surface area contributed by atoms with Crippen molar-refractivity contribution in [2.45, 2.75) is 0 Å². The molecule has 0 aromatic heterocycles. The topological polar surface area (TPSA) is 44.4 Å². The van der Waals surface area contributed by atoms with Crippen LogP contribution in [0.5, 0.6) is 0 Å². The molecule has 0 aliphatic rings. The lowest BCUT2D eigenvalue weighted by atomic mass is 10.3. The van der Waals surface area contributed by atoms with Crippen LogP contribution >= 0.6 is 11.6 Å². The normalized spacial score (nSPS) is 10.7. The molecule has 0 heterocycles. The lowest BCUT2D eigenvalue weighted by molar-refractivity contribution is -0.117. The second-order valence-electron chi connectivity index (χ2n) is 4.01. The molecule has 1 aromatic rings. The van der Waals surface area contributed by atoms with Gasteiger partial charge in [-0.2, -0.15) is 0 Å². The Morgan fingerprint density at radius 2 is 2.22 bits per heavy atom. The highest BCUT2D eigenvalue weighted by molar-refractivity contribution is 6.33. The Balaban J connectivity index is 2.49. The fourth-order valence-corrected chi connectivity index (χ4v) is 1.62. The molecule has 0 spiro atoms. The highest BCUT2D eigenvalue weighted by atomic mass is 35.5. The molecule has 0 saturated carbocycles. The summed E-state index contributed by atoms with van der Waals surface area (Å²) in [6, 6.07) is 3.87. The van der Waals surface area contributed by atoms with E-state index in [0.29, 0.717) is 5.69 Å². The van der Waals surface area contributed by atoms with Gasteiger partial charge in [0.1, 0.15) is 5.82 Å². The molecule has 4 nitrogen and oxygen atoms in total. The number of hydrogen-bond donors (Lipinski definition) is 2. The predicted octanol–water partition coefficient (Wildman–Crippen LogP) is 1.57. The molecule has 0 atom stereocenters. The molecular weight excluding hydrogens is 257 g/mol. The molecular formula is C12H17ClFN3O. The van der Waals surface area contributed by atoms with E-state index in [1.54, 1.807) is 0 Å². The summed E-state index contributed by atoms with van der Waals surface area (Å²) >= 11 is 5.82. The van der Waals surface area contributed by atoms with Crippen LogP contribution in [-0.2, 0) is 4.79 Å². The van der Waals surface area contributed by atoms with Crippen molar-refractivity contribution in [3.05, 3.63) is 29.0 Å². The van der Waals surface area contributed by atoms with E-state index >= 15 is 0 Å². The third-order valence-electron chi connectivity index (χ3n) is 2.36. The number of likely N-dealkylation sites (N-methyl/N-ethyl adjacent to an activating group) is 2. The van der Waals surface area contributed by atoms with Crippen molar-refractivity contribution in [1.29, 1.82) is 0 Å². The lowest BCUT2D eigenvalue weighted by Gasteiger charge is -2.16. The number of nitrogens with one attached hydrogen (secondary N) is 2. The van der Waals surface area contributed by atoms with Crippen molar-refractivity contribution in [2.75, 3.05) is 39.0 Å². The average Bonchev–Trinajstić information content (AvgIpc) is 2.30. The molecule has 0 bridgehead atoms. The van der Waals surface area contributed by atoms with Crippen LogP contribution in [0.1, 0.15) is 0 Å². The van der Waals surface area contributed by atoms with Crippen LogP contribution < -0.4 is 10.6 Å². The van der Waals surface area contributed by atoms with Crippen molar-refractivity contribution >= 4 is 23.2 Å². The molecule has 0 unspecified atom stereocenters. The molecule has 0 aliphatic heterocycles. The molecule has 1 aromatic carbocycles. The average molecular weight is 274 g/mol. The van der Waals surface area contributed by atoms with Gasteiger partial charge in [-0.25, -0.2) is 4.39 Å². The minimum Gasteiger partial charge on any atom is -0.324 e. The Bertz CT molecular complexity index is 414. The fraction of sp³-hybridized carbons (Fsp3) is 0.417. The van der Waals surface area contributed by atoms with Crippen LogP contribution in [-0.4, -0.2) is 44.5 Å². The Morgan fingerprint density at radius 1 is 1.50 bits per heavy atom. The lowest BCUT2D eigenvalue weighted by Crippen LogP contribution is -2.34. The molecule has 0 fully saturated rings. The van der Waals surface area contributed by atoms with E-state index in [9.17, 15) is 9.18 Å². The van der Waals surface area contributed by atoms with Crippen LogP contribution in [0.4, 0.5) is 10.1 Å². The van der Waals surface area contributed by atoms with Crippen molar-refractivity contribution in [3.63, 3.8) is 0 Å². The van der Waals surface area contributed by atoms with E-state index in [1.807, 2.05) is 19.0 Å². The van der Waals surface area contributed by atoms with E-state index in [1.165, 1.54) is 18.2 Å². The van der Waals surface area contributed by atoms with Crippen LogP contribution in [0.3, 0.4) is 0 Å². The number of carbonyl (C=O) groups is 1. The van der Waals surface area contributed by atoms with Gasteiger partial charge in [0.25, 0.3) is 0 Å². The van der Waals surface area contributed by atoms with Crippen molar-refractivity contribution in [1.82, 2.24) is 10.2 Å². The Morgan fingerprint density at radius 3 is 2.83 bits per heavy atom. The van der Waals surface area contributed by atoms with E-state index in [0.717, 1.165) is 13.1 Å². The zero-order valence-corrected chi connectivity index (χ0v) is 11.2. The van der Waals surface area contributed by atoms with Gasteiger partial charge in [-0.3, -0.25) is 9.69 Å². The minimum absolute atomic E-state index is 0.179. The number of rotatable bonds is 6. The smallest absolute Gasteiger partial charge is 0.238 e. The quantitative estimate of drug-likeness (QED) is 0.827. The largest absolute Gasteiger partial charge is 0.324 e. The van der Waals surface area contributed by atoms with E-state index in [-0.39, 0.29) is 17.5 Å². The maximum Gasteiger partial charge on any atom is 0.238 e. The Hall–Kier alpha value is -1.17. The molecule has 6 heteroatoms. The summed E-state index contributed by atoms with van der Waals surface area (Å²) in [5.74, 6) is -0.605. The fourth-order valence-electron chi connectivity index (χ4n) is 1.41. The highest BCUT2D eigenvalue weighted by Crippen LogP contribution is 2.22. The summed E-state index contributed by atoms with van der Waals surface area (Å²) in [7, 11) is 3.70. The second kappa shape index (κ2) is 7.31. The van der Waals surface area contributed by atoms with Crippen molar-refractivity contribution < 1.29 is 9.18 Å². The summed E-state index contributed by atoms with van der Waals surface area (Å²) < 4.78 is 12.8. The molecule has 1 amide bonds. The molecule has 2 N–H and O–H groups in total. The van der Waals surface area contributed by atoms with Crippen LogP contribution in [0, 0.1) is 5.82 Å². The van der Waals surface area contributed by atoms with Gasteiger partial charge >= 0.3 is 0 Å². The van der Waals surface area contributed by atoms with Crippen LogP contribution in [0.15, 0.2) is 18.2 Å². The number of benzene rings is 1. The second-order valence-corrected chi connectivity index (χ2v) is 4.42. The maximum absolute atomic E-state index is 12.8. The number of nitrogens with zero attached hydrogens (tertiary/aromatic N) is 1. The number of carbonyl (C=O) groups excluding carboxylic acids is 1. The summed E-state index contributed by atoms with van der Waals surface area (Å²) in [5, 5.41) is 5.84. The number of amides is 1. The third-order valence-corrected chi connectivity index (χ3v) is 2.67. The highest BCUT2D eigenvalue weighted by Gasteiger charge is 2.09. The van der Waals surface area contributed by atoms with Crippen molar-refractivity contribution in [3.8, 4) is 0 Å². The van der Waals surface area contributed by atoms with E-state index in [2.05, 4.69) is 10.6 Å². The van der Waals surface area contributed by atoms with Crippen LogP contribution in [0.2, 0.25) is 5.02 Å². The summed E-state index contributed by atoms with van der Waals surface area (Å²) in [6.45, 7) is 1.83. The minimum atomic E-state index is -0.427. The molecule has 0 aliphatic carbocycles. The summed E-state index contributed by atoms with van der Waals surface area (Å²) in [6.07, 6.45) is 0. The standard InChI is InChI=1S/C12H17ClFN3O/c1-15-5-6-17(2)8-12(18)16-11-4-3-9(14)7-10(11)13/h3-4,7,15H,5-6,8H2,1-2H3,(H,16,18). The molecule has 1 rings (SSSR count). The first kappa shape index (κ1) is 14.9. The first-order valence-electron chi connectivity index (χ1n) is 5.61. The Kier molecular flexibility index (Phi) is 6.04.